The lowest BCUT2D eigenvalue weighted by molar-refractivity contribution is 0.0248. The van der Waals surface area contributed by atoms with Crippen molar-refractivity contribution in [3.05, 3.63) is 115 Å². The molecule has 2 heterocycles. The van der Waals surface area contributed by atoms with Crippen LogP contribution >= 0.6 is 0 Å². The van der Waals surface area contributed by atoms with Crippen molar-refractivity contribution in [1.82, 2.24) is 24.4 Å². The zero-order chi connectivity index (χ0) is 28.7. The summed E-state index contributed by atoms with van der Waals surface area (Å²) in [7, 11) is 7.14. The molecule has 0 saturated heterocycles. The van der Waals surface area contributed by atoms with Gasteiger partial charge in [0.15, 0.2) is 17.0 Å². The summed E-state index contributed by atoms with van der Waals surface area (Å²) >= 11 is 0. The van der Waals surface area contributed by atoms with Gasteiger partial charge in [0.1, 0.15) is 23.4 Å². The van der Waals surface area contributed by atoms with Crippen molar-refractivity contribution in [3.8, 4) is 11.5 Å². The monoisotopic (exact) mass is 549 g/mol. The van der Waals surface area contributed by atoms with Crippen LogP contribution in [0.15, 0.2) is 96.5 Å². The van der Waals surface area contributed by atoms with E-state index in [9.17, 15) is 0 Å². The number of benzene rings is 3. The lowest BCUT2D eigenvalue weighted by atomic mass is 9.80. The fourth-order valence-corrected chi connectivity index (χ4v) is 4.72. The first-order chi connectivity index (χ1) is 20.0. The first-order valence-corrected chi connectivity index (χ1v) is 13.2. The average molecular weight is 550 g/mol. The van der Waals surface area contributed by atoms with Crippen LogP contribution < -0.4 is 9.47 Å². The Morgan fingerprint density at radius 3 is 2.00 bits per heavy atom. The number of fused-ring (bicyclic) bond motifs is 1. The smallest absolute Gasteiger partial charge is 0.184 e. The van der Waals surface area contributed by atoms with Crippen molar-refractivity contribution in [2.75, 3.05) is 34.9 Å². The van der Waals surface area contributed by atoms with Crippen LogP contribution in [0.25, 0.3) is 11.2 Å². The second kappa shape index (κ2) is 12.6. The lowest BCUT2D eigenvalue weighted by Crippen LogP contribution is -2.33. The highest BCUT2D eigenvalue weighted by molar-refractivity contribution is 5.82. The Morgan fingerprint density at radius 2 is 1.41 bits per heavy atom. The number of hydrogen-bond acceptors (Lipinski definition) is 7. The van der Waals surface area contributed by atoms with Gasteiger partial charge in [-0.3, -0.25) is 0 Å². The normalized spacial score (nSPS) is 11.7. The Morgan fingerprint density at radius 1 is 0.805 bits per heavy atom. The molecule has 0 spiro atoms. The molecule has 9 nitrogen and oxygen atoms in total. The van der Waals surface area contributed by atoms with E-state index in [2.05, 4.69) is 38.5 Å². The fourth-order valence-electron chi connectivity index (χ4n) is 4.72. The first-order valence-electron chi connectivity index (χ1n) is 13.2. The molecule has 0 amide bonds. The molecule has 5 aromatic rings. The van der Waals surface area contributed by atoms with Gasteiger partial charge in [0, 0.05) is 27.1 Å². The Hall–Kier alpha value is -4.76. The van der Waals surface area contributed by atoms with Crippen molar-refractivity contribution in [2.24, 2.45) is 4.99 Å². The first kappa shape index (κ1) is 27.8. The number of methoxy groups -OCH3 is 2. The van der Waals surface area contributed by atoms with Crippen LogP contribution in [0, 0.1) is 6.42 Å². The second-order valence-electron chi connectivity index (χ2n) is 9.58. The van der Waals surface area contributed by atoms with Crippen LogP contribution in [0.1, 0.15) is 16.7 Å². The van der Waals surface area contributed by atoms with Gasteiger partial charge in [0.2, 0.25) is 0 Å². The van der Waals surface area contributed by atoms with Crippen LogP contribution in [-0.4, -0.2) is 65.7 Å². The van der Waals surface area contributed by atoms with Gasteiger partial charge in [-0.25, -0.2) is 19.9 Å². The Bertz CT molecular complexity index is 1530. The zero-order valence-electron chi connectivity index (χ0n) is 23.6. The molecule has 0 unspecified atom stereocenters. The molecular weight excluding hydrogens is 516 g/mol. The fraction of sp³-hybridized carbons (Fsp3) is 0.219. The average Bonchev–Trinajstić information content (AvgIpc) is 3.44. The zero-order valence-corrected chi connectivity index (χ0v) is 23.6. The van der Waals surface area contributed by atoms with Crippen molar-refractivity contribution in [1.29, 1.82) is 0 Å². The third-order valence-corrected chi connectivity index (χ3v) is 6.71. The molecule has 0 aliphatic carbocycles. The van der Waals surface area contributed by atoms with Gasteiger partial charge in [-0.15, -0.1) is 0 Å². The third-order valence-electron chi connectivity index (χ3n) is 6.71. The van der Waals surface area contributed by atoms with E-state index in [0.29, 0.717) is 30.1 Å². The van der Waals surface area contributed by atoms with E-state index < -0.39 is 5.60 Å². The van der Waals surface area contributed by atoms with Gasteiger partial charge in [-0.1, -0.05) is 54.6 Å². The molecule has 0 saturated carbocycles. The maximum Gasteiger partial charge on any atom is 0.184 e. The molecule has 3 aromatic carbocycles. The molecule has 9 heteroatoms. The highest BCUT2D eigenvalue weighted by Crippen LogP contribution is 2.41. The number of rotatable bonds is 12. The third kappa shape index (κ3) is 5.90. The van der Waals surface area contributed by atoms with Gasteiger partial charge in [0.05, 0.1) is 33.5 Å². The molecule has 0 atom stereocenters. The Labute approximate surface area is 240 Å². The highest BCUT2D eigenvalue weighted by Gasteiger charge is 2.37. The summed E-state index contributed by atoms with van der Waals surface area (Å²) in [6.45, 7) is 0.893. The number of aromatic nitrogens is 4. The molecule has 2 aromatic heterocycles. The molecule has 41 heavy (non-hydrogen) atoms. The van der Waals surface area contributed by atoms with Crippen molar-refractivity contribution >= 4 is 23.3 Å². The van der Waals surface area contributed by atoms with Gasteiger partial charge < -0.3 is 23.7 Å². The summed E-state index contributed by atoms with van der Waals surface area (Å²) in [5.74, 6) is 2.08. The van der Waals surface area contributed by atoms with Crippen molar-refractivity contribution < 1.29 is 14.2 Å². The maximum atomic E-state index is 6.90. The predicted octanol–water partition coefficient (Wildman–Crippen LogP) is 5.28. The van der Waals surface area contributed by atoms with E-state index in [0.717, 1.165) is 28.2 Å². The van der Waals surface area contributed by atoms with E-state index >= 15 is 0 Å². The number of ether oxygens (including phenoxy) is 3. The van der Waals surface area contributed by atoms with E-state index in [1.165, 1.54) is 6.33 Å². The van der Waals surface area contributed by atoms with Gasteiger partial charge in [-0.2, -0.15) is 0 Å². The summed E-state index contributed by atoms with van der Waals surface area (Å²) in [5.41, 5.74) is 3.44. The minimum absolute atomic E-state index is 0.351. The highest BCUT2D eigenvalue weighted by atomic mass is 16.5. The van der Waals surface area contributed by atoms with E-state index in [1.807, 2.05) is 90.3 Å². The second-order valence-corrected chi connectivity index (χ2v) is 9.58. The maximum absolute atomic E-state index is 6.90. The largest absolute Gasteiger partial charge is 0.497 e. The van der Waals surface area contributed by atoms with E-state index in [4.69, 9.17) is 14.2 Å². The molecule has 1 radical (unpaired) electrons. The van der Waals surface area contributed by atoms with E-state index in [1.54, 1.807) is 26.9 Å². The number of imidazole rings is 1. The predicted molar refractivity (Wildman–Crippen MR) is 160 cm³/mol. The summed E-state index contributed by atoms with van der Waals surface area (Å²) in [5, 5.41) is 0. The molecule has 0 aliphatic heterocycles. The summed E-state index contributed by atoms with van der Waals surface area (Å²) < 4.78 is 19.7. The topological polar surface area (TPSA) is 86.9 Å². The Kier molecular flexibility index (Phi) is 8.55. The summed E-state index contributed by atoms with van der Waals surface area (Å²) in [4.78, 5) is 19.5. The number of aliphatic imine (C=N–C) groups is 1. The van der Waals surface area contributed by atoms with Crippen LogP contribution in [-0.2, 0) is 16.9 Å². The minimum Gasteiger partial charge on any atom is -0.497 e. The van der Waals surface area contributed by atoms with Gasteiger partial charge in [-0.05, 0) is 41.0 Å². The Balaban J connectivity index is 1.46. The minimum atomic E-state index is -0.885. The molecule has 5 rings (SSSR count). The van der Waals surface area contributed by atoms with Gasteiger partial charge in [0.25, 0.3) is 0 Å². The van der Waals surface area contributed by atoms with Crippen LogP contribution in [0.5, 0.6) is 11.5 Å². The molecule has 0 N–H and O–H groups in total. The summed E-state index contributed by atoms with van der Waals surface area (Å²) in [6, 6.07) is 26.2. The van der Waals surface area contributed by atoms with Crippen LogP contribution in [0.4, 0.5) is 5.82 Å². The quantitative estimate of drug-likeness (QED) is 0.0906. The molecule has 209 valence electrons. The SMILES string of the molecule is COc1ccc(C(OC[CH]Cn2cnc3c(N=CN(C)C)ncnc32)(c2ccccc2)c2ccc(OC)cc2)cc1. The molecule has 0 bridgehead atoms. The van der Waals surface area contributed by atoms with Crippen molar-refractivity contribution in [2.45, 2.75) is 12.1 Å². The number of hydrogen-bond donors (Lipinski definition) is 0. The van der Waals surface area contributed by atoms with Crippen LogP contribution in [0.3, 0.4) is 0 Å². The molecular formula is C32H33N6O3. The van der Waals surface area contributed by atoms with Gasteiger partial charge >= 0.3 is 0 Å². The summed E-state index contributed by atoms with van der Waals surface area (Å²) in [6.07, 6.45) is 7.02. The van der Waals surface area contributed by atoms with Crippen molar-refractivity contribution in [3.63, 3.8) is 0 Å². The lowest BCUT2D eigenvalue weighted by Gasteiger charge is -2.36. The van der Waals surface area contributed by atoms with Crippen LogP contribution in [0.2, 0.25) is 0 Å². The molecule has 0 aliphatic rings. The van der Waals surface area contributed by atoms with E-state index in [-0.39, 0.29) is 0 Å². The standard InChI is InChI=1S/C32H33N6O3/c1-37(2)22-36-30-29-31(34-21-33-30)38(23-35-29)19-8-20-41-32(24-9-6-5-7-10-24,25-11-15-27(39-3)16-12-25)26-13-17-28(40-4)18-14-26/h5-18,21-23H,19-20H2,1-4H3. The molecule has 0 fully saturated rings. The number of nitrogens with zero attached hydrogens (tertiary/aromatic N) is 6.